The van der Waals surface area contributed by atoms with E-state index in [0.717, 1.165) is 21.4 Å². The van der Waals surface area contributed by atoms with Crippen molar-refractivity contribution in [3.05, 3.63) is 29.1 Å². The van der Waals surface area contributed by atoms with Crippen LogP contribution < -0.4 is 4.74 Å². The number of hydrogen-bond donors (Lipinski definition) is 1. The first kappa shape index (κ1) is 9.98. The predicted molar refractivity (Wildman–Crippen MR) is 59.7 cm³/mol. The number of carbonyl (C=O) groups is 1. The summed E-state index contributed by atoms with van der Waals surface area (Å²) in [7, 11) is 1.59. The van der Waals surface area contributed by atoms with Crippen molar-refractivity contribution in [2.75, 3.05) is 7.11 Å². The number of aliphatic carboxylic acids is 1. The van der Waals surface area contributed by atoms with Gasteiger partial charge in [0.2, 0.25) is 0 Å². The third-order valence-corrected chi connectivity index (χ3v) is 3.20. The topological polar surface area (TPSA) is 46.5 Å². The molecule has 0 atom stereocenters. The molecule has 0 saturated heterocycles. The molecular formula is C11H10O3S. The molecule has 0 fully saturated rings. The van der Waals surface area contributed by atoms with Crippen molar-refractivity contribution in [3.63, 3.8) is 0 Å². The van der Waals surface area contributed by atoms with Gasteiger partial charge in [-0.25, -0.2) is 0 Å². The maximum Gasteiger partial charge on any atom is 0.307 e. The second kappa shape index (κ2) is 3.90. The Morgan fingerprint density at radius 3 is 3.00 bits per heavy atom. The Morgan fingerprint density at radius 2 is 2.33 bits per heavy atom. The summed E-state index contributed by atoms with van der Waals surface area (Å²) in [5, 5.41) is 11.6. The van der Waals surface area contributed by atoms with Crippen LogP contribution in [0.15, 0.2) is 23.6 Å². The minimum atomic E-state index is -0.819. The van der Waals surface area contributed by atoms with Gasteiger partial charge in [0.05, 0.1) is 13.5 Å². The van der Waals surface area contributed by atoms with Crippen LogP contribution in [0.2, 0.25) is 0 Å². The number of rotatable bonds is 3. The predicted octanol–water partition coefficient (Wildman–Crippen LogP) is 2.54. The van der Waals surface area contributed by atoms with Crippen LogP contribution in [0.4, 0.5) is 0 Å². The van der Waals surface area contributed by atoms with Gasteiger partial charge in [0, 0.05) is 10.1 Å². The third-order valence-electron chi connectivity index (χ3n) is 2.20. The van der Waals surface area contributed by atoms with E-state index in [1.54, 1.807) is 18.4 Å². The molecule has 3 nitrogen and oxygen atoms in total. The van der Waals surface area contributed by atoms with Gasteiger partial charge in [0.15, 0.2) is 0 Å². The smallest absolute Gasteiger partial charge is 0.307 e. The molecule has 2 aromatic rings. The molecule has 0 radical (unpaired) electrons. The Morgan fingerprint density at radius 1 is 1.53 bits per heavy atom. The zero-order valence-corrected chi connectivity index (χ0v) is 9.00. The van der Waals surface area contributed by atoms with Crippen molar-refractivity contribution in [2.45, 2.75) is 6.42 Å². The molecule has 78 valence electrons. The Labute approximate surface area is 90.9 Å². The van der Waals surface area contributed by atoms with Gasteiger partial charge in [-0.2, -0.15) is 0 Å². The van der Waals surface area contributed by atoms with Crippen LogP contribution in [0.25, 0.3) is 10.1 Å². The molecule has 1 aromatic carbocycles. The van der Waals surface area contributed by atoms with Crippen molar-refractivity contribution in [3.8, 4) is 5.75 Å². The molecule has 0 aliphatic carbocycles. The van der Waals surface area contributed by atoms with E-state index in [-0.39, 0.29) is 6.42 Å². The molecule has 15 heavy (non-hydrogen) atoms. The summed E-state index contributed by atoms with van der Waals surface area (Å²) >= 11 is 1.54. The summed E-state index contributed by atoms with van der Waals surface area (Å²) < 4.78 is 6.28. The maximum atomic E-state index is 10.7. The highest BCUT2D eigenvalue weighted by Gasteiger charge is 2.11. The second-order valence-corrected chi connectivity index (χ2v) is 4.08. The van der Waals surface area contributed by atoms with Crippen molar-refractivity contribution in [2.24, 2.45) is 0 Å². The fraction of sp³-hybridized carbons (Fsp3) is 0.182. The Bertz CT molecular complexity index is 502. The summed E-state index contributed by atoms with van der Waals surface area (Å²) in [6.45, 7) is 0. The van der Waals surface area contributed by atoms with Gasteiger partial charge in [0.25, 0.3) is 0 Å². The first-order valence-electron chi connectivity index (χ1n) is 4.47. The summed E-state index contributed by atoms with van der Waals surface area (Å²) in [5.74, 6) is -0.0781. The number of ether oxygens (including phenoxy) is 1. The van der Waals surface area contributed by atoms with Gasteiger partial charge in [-0.15, -0.1) is 11.3 Å². The quantitative estimate of drug-likeness (QED) is 0.868. The molecule has 0 bridgehead atoms. The number of carboxylic acids is 1. The number of hydrogen-bond acceptors (Lipinski definition) is 3. The van der Waals surface area contributed by atoms with E-state index in [9.17, 15) is 4.79 Å². The van der Waals surface area contributed by atoms with E-state index < -0.39 is 5.97 Å². The van der Waals surface area contributed by atoms with E-state index in [0.29, 0.717) is 0 Å². The lowest BCUT2D eigenvalue weighted by molar-refractivity contribution is -0.136. The fourth-order valence-corrected chi connectivity index (χ4v) is 2.56. The summed E-state index contributed by atoms with van der Waals surface area (Å²) in [6.07, 6.45) is 0.0420. The van der Waals surface area contributed by atoms with Crippen LogP contribution in [0.3, 0.4) is 0 Å². The van der Waals surface area contributed by atoms with Crippen molar-refractivity contribution >= 4 is 27.4 Å². The normalized spacial score (nSPS) is 10.5. The highest BCUT2D eigenvalue weighted by atomic mass is 32.1. The SMILES string of the molecule is COc1cccc2scc(CC(=O)O)c12. The minimum absolute atomic E-state index is 0.0420. The maximum absolute atomic E-state index is 10.7. The molecule has 0 aliphatic rings. The molecule has 0 unspecified atom stereocenters. The van der Waals surface area contributed by atoms with E-state index in [1.165, 1.54) is 0 Å². The number of fused-ring (bicyclic) bond motifs is 1. The number of methoxy groups -OCH3 is 1. The first-order valence-corrected chi connectivity index (χ1v) is 5.35. The highest BCUT2D eigenvalue weighted by molar-refractivity contribution is 7.17. The van der Waals surface area contributed by atoms with Crippen LogP contribution >= 0.6 is 11.3 Å². The average Bonchev–Trinajstić information content (AvgIpc) is 2.61. The van der Waals surface area contributed by atoms with Crippen molar-refractivity contribution < 1.29 is 14.6 Å². The summed E-state index contributed by atoms with van der Waals surface area (Å²) in [4.78, 5) is 10.7. The van der Waals surface area contributed by atoms with E-state index in [1.807, 2.05) is 23.6 Å². The van der Waals surface area contributed by atoms with Crippen molar-refractivity contribution in [1.82, 2.24) is 0 Å². The Balaban J connectivity index is 2.60. The molecule has 0 amide bonds. The molecule has 4 heteroatoms. The first-order chi connectivity index (χ1) is 7.22. The Hall–Kier alpha value is -1.55. The van der Waals surface area contributed by atoms with Crippen LogP contribution in [-0.4, -0.2) is 18.2 Å². The van der Waals surface area contributed by atoms with Gasteiger partial charge in [-0.1, -0.05) is 6.07 Å². The molecule has 2 rings (SSSR count). The van der Waals surface area contributed by atoms with Gasteiger partial charge in [0.1, 0.15) is 5.75 Å². The molecular weight excluding hydrogens is 212 g/mol. The monoisotopic (exact) mass is 222 g/mol. The van der Waals surface area contributed by atoms with Crippen molar-refractivity contribution in [1.29, 1.82) is 0 Å². The molecule has 1 heterocycles. The number of thiophene rings is 1. The fourth-order valence-electron chi connectivity index (χ4n) is 1.58. The lowest BCUT2D eigenvalue weighted by atomic mass is 10.1. The van der Waals surface area contributed by atoms with Gasteiger partial charge < -0.3 is 9.84 Å². The number of benzene rings is 1. The van der Waals surface area contributed by atoms with E-state index in [2.05, 4.69) is 0 Å². The molecule has 1 N–H and O–H groups in total. The third kappa shape index (κ3) is 1.80. The lowest BCUT2D eigenvalue weighted by Crippen LogP contribution is -1.99. The zero-order chi connectivity index (χ0) is 10.8. The zero-order valence-electron chi connectivity index (χ0n) is 8.19. The van der Waals surface area contributed by atoms with E-state index in [4.69, 9.17) is 9.84 Å². The Kier molecular flexibility index (Phi) is 2.60. The molecule has 0 saturated carbocycles. The number of carboxylic acid groups (broad SMARTS) is 1. The summed E-state index contributed by atoms with van der Waals surface area (Å²) in [6, 6.07) is 5.72. The highest BCUT2D eigenvalue weighted by Crippen LogP contribution is 2.33. The largest absolute Gasteiger partial charge is 0.496 e. The van der Waals surface area contributed by atoms with Crippen LogP contribution in [0.5, 0.6) is 5.75 Å². The lowest BCUT2D eigenvalue weighted by Gasteiger charge is -2.03. The van der Waals surface area contributed by atoms with Crippen LogP contribution in [0.1, 0.15) is 5.56 Å². The van der Waals surface area contributed by atoms with Crippen LogP contribution in [-0.2, 0) is 11.2 Å². The van der Waals surface area contributed by atoms with Gasteiger partial charge in [-0.05, 0) is 23.1 Å². The van der Waals surface area contributed by atoms with Crippen LogP contribution in [0, 0.1) is 0 Å². The molecule has 0 spiro atoms. The molecule has 1 aromatic heterocycles. The second-order valence-electron chi connectivity index (χ2n) is 3.16. The van der Waals surface area contributed by atoms with Gasteiger partial charge in [-0.3, -0.25) is 4.79 Å². The molecule has 0 aliphatic heterocycles. The van der Waals surface area contributed by atoms with E-state index >= 15 is 0 Å². The standard InChI is InChI=1S/C11H10O3S/c1-14-8-3-2-4-9-11(8)7(6-15-9)5-10(12)13/h2-4,6H,5H2,1H3,(H,12,13). The minimum Gasteiger partial charge on any atom is -0.496 e. The van der Waals surface area contributed by atoms with Gasteiger partial charge >= 0.3 is 5.97 Å². The summed E-state index contributed by atoms with van der Waals surface area (Å²) in [5.41, 5.74) is 0.819. The average molecular weight is 222 g/mol.